The Morgan fingerprint density at radius 3 is 2.84 bits per heavy atom. The molecule has 0 aliphatic rings. The van der Waals surface area contributed by atoms with Gasteiger partial charge in [0.05, 0.1) is 16.7 Å². The van der Waals surface area contributed by atoms with Crippen LogP contribution in [-0.2, 0) is 0 Å². The number of hydrogen-bond acceptors (Lipinski definition) is 3. The number of nitrogens with zero attached hydrogens (tertiary/aromatic N) is 3. The van der Waals surface area contributed by atoms with Gasteiger partial charge in [0.1, 0.15) is 12.0 Å². The van der Waals surface area contributed by atoms with Crippen LogP contribution in [0.1, 0.15) is 10.5 Å². The van der Waals surface area contributed by atoms with Gasteiger partial charge in [0.15, 0.2) is 0 Å². The number of rotatable bonds is 2. The highest BCUT2D eigenvalue weighted by molar-refractivity contribution is 6.31. The average Bonchev–Trinajstić information content (AvgIpc) is 2.81. The maximum atomic E-state index is 11.2. The summed E-state index contributed by atoms with van der Waals surface area (Å²) in [6.45, 7) is 0. The van der Waals surface area contributed by atoms with E-state index < -0.39 is 5.91 Å². The number of primary amides is 1. The minimum Gasteiger partial charge on any atom is -0.364 e. The number of hydrogen-bond donors (Lipinski definition) is 1. The van der Waals surface area contributed by atoms with Crippen LogP contribution in [0.2, 0.25) is 5.02 Å². The van der Waals surface area contributed by atoms with Crippen LogP contribution in [0.15, 0.2) is 42.9 Å². The second-order valence-corrected chi connectivity index (χ2v) is 4.45. The van der Waals surface area contributed by atoms with Crippen LogP contribution >= 0.6 is 11.6 Å². The molecule has 2 N–H and O–H groups in total. The Kier molecular flexibility index (Phi) is 2.68. The molecule has 3 aromatic rings. The van der Waals surface area contributed by atoms with Gasteiger partial charge in [-0.2, -0.15) is 0 Å². The molecule has 0 bridgehead atoms. The Bertz CT molecular complexity index is 781. The van der Waals surface area contributed by atoms with Crippen molar-refractivity contribution >= 4 is 28.5 Å². The molecule has 94 valence electrons. The van der Waals surface area contributed by atoms with Crippen molar-refractivity contribution in [2.24, 2.45) is 5.73 Å². The van der Waals surface area contributed by atoms with Gasteiger partial charge in [-0.1, -0.05) is 11.6 Å². The average molecular weight is 273 g/mol. The molecule has 19 heavy (non-hydrogen) atoms. The molecule has 0 aliphatic carbocycles. The molecule has 0 spiro atoms. The number of imidazole rings is 1. The molecule has 0 aliphatic heterocycles. The number of nitrogens with two attached hydrogens (primary N) is 1. The van der Waals surface area contributed by atoms with Gasteiger partial charge in [-0.3, -0.25) is 14.3 Å². The Labute approximate surface area is 113 Å². The van der Waals surface area contributed by atoms with Crippen LogP contribution in [0, 0.1) is 0 Å². The molecular formula is C13H9ClN4O. The second-order valence-electron chi connectivity index (χ2n) is 4.01. The Morgan fingerprint density at radius 2 is 2.05 bits per heavy atom. The van der Waals surface area contributed by atoms with Gasteiger partial charge >= 0.3 is 0 Å². The molecule has 0 radical (unpaired) electrons. The summed E-state index contributed by atoms with van der Waals surface area (Å²) in [7, 11) is 0. The van der Waals surface area contributed by atoms with E-state index in [1.807, 2.05) is 16.7 Å². The third-order valence-electron chi connectivity index (χ3n) is 2.78. The van der Waals surface area contributed by atoms with E-state index in [0.29, 0.717) is 5.02 Å². The van der Waals surface area contributed by atoms with E-state index in [0.717, 1.165) is 16.7 Å². The van der Waals surface area contributed by atoms with Crippen molar-refractivity contribution in [2.75, 3.05) is 0 Å². The number of pyridine rings is 1. The number of amides is 1. The monoisotopic (exact) mass is 272 g/mol. The summed E-state index contributed by atoms with van der Waals surface area (Å²) in [5.41, 5.74) is 7.87. The van der Waals surface area contributed by atoms with Crippen LogP contribution in [0.4, 0.5) is 0 Å². The van der Waals surface area contributed by atoms with E-state index in [9.17, 15) is 4.79 Å². The lowest BCUT2D eigenvalue weighted by Gasteiger charge is -2.05. The summed E-state index contributed by atoms with van der Waals surface area (Å²) < 4.78 is 1.83. The smallest absolute Gasteiger partial charge is 0.267 e. The van der Waals surface area contributed by atoms with Crippen LogP contribution in [-0.4, -0.2) is 20.4 Å². The number of carbonyl (C=O) groups excluding carboxylic acids is 1. The summed E-state index contributed by atoms with van der Waals surface area (Å²) in [6, 6.07) is 8.82. The van der Waals surface area contributed by atoms with E-state index in [1.165, 1.54) is 6.20 Å². The highest BCUT2D eigenvalue weighted by Crippen LogP contribution is 2.21. The summed E-state index contributed by atoms with van der Waals surface area (Å²) >= 11 is 5.99. The second kappa shape index (κ2) is 4.37. The van der Waals surface area contributed by atoms with Gasteiger partial charge in [-0.25, -0.2) is 4.98 Å². The fourth-order valence-corrected chi connectivity index (χ4v) is 2.06. The molecule has 2 aromatic heterocycles. The fourth-order valence-electron chi connectivity index (χ4n) is 1.89. The number of aromatic nitrogens is 3. The molecule has 0 saturated heterocycles. The molecule has 0 fully saturated rings. The summed E-state index contributed by atoms with van der Waals surface area (Å²) in [5, 5.41) is 0.624. The van der Waals surface area contributed by atoms with E-state index in [1.54, 1.807) is 24.5 Å². The first kappa shape index (κ1) is 11.7. The first-order valence-electron chi connectivity index (χ1n) is 5.54. The minimum absolute atomic E-state index is 0.210. The number of fused-ring (bicyclic) bond motifs is 1. The van der Waals surface area contributed by atoms with Crippen molar-refractivity contribution in [3.63, 3.8) is 0 Å². The third kappa shape index (κ3) is 2.04. The molecule has 3 rings (SSSR count). The zero-order valence-corrected chi connectivity index (χ0v) is 10.5. The Balaban J connectivity index is 2.21. The van der Waals surface area contributed by atoms with Gasteiger partial charge in [0, 0.05) is 11.2 Å². The van der Waals surface area contributed by atoms with E-state index >= 15 is 0 Å². The largest absolute Gasteiger partial charge is 0.364 e. The van der Waals surface area contributed by atoms with Crippen molar-refractivity contribution in [3.05, 3.63) is 53.6 Å². The summed E-state index contributed by atoms with van der Waals surface area (Å²) in [6.07, 6.45) is 3.20. The van der Waals surface area contributed by atoms with Gasteiger partial charge in [-0.05, 0) is 30.3 Å². The topological polar surface area (TPSA) is 73.8 Å². The van der Waals surface area contributed by atoms with Crippen LogP contribution in [0.3, 0.4) is 0 Å². The van der Waals surface area contributed by atoms with Crippen molar-refractivity contribution in [3.8, 4) is 5.69 Å². The zero-order chi connectivity index (χ0) is 13.4. The van der Waals surface area contributed by atoms with Crippen molar-refractivity contribution in [2.45, 2.75) is 0 Å². The summed E-state index contributed by atoms with van der Waals surface area (Å²) in [5.74, 6) is -0.565. The first-order valence-corrected chi connectivity index (χ1v) is 5.92. The standard InChI is InChI=1S/C13H9ClN4O/c14-8-1-2-10-12(5-8)18(7-17-10)9-3-4-16-11(6-9)13(15)19/h1-7H,(H2,15,19). The van der Waals surface area contributed by atoms with Crippen LogP contribution in [0.5, 0.6) is 0 Å². The van der Waals surface area contributed by atoms with E-state index in [-0.39, 0.29) is 5.69 Å². The van der Waals surface area contributed by atoms with E-state index in [2.05, 4.69) is 9.97 Å². The first-order chi connectivity index (χ1) is 9.15. The molecule has 2 heterocycles. The molecule has 0 unspecified atom stereocenters. The lowest BCUT2D eigenvalue weighted by atomic mass is 10.2. The molecule has 6 heteroatoms. The maximum Gasteiger partial charge on any atom is 0.267 e. The number of halogens is 1. The summed E-state index contributed by atoms with van der Waals surface area (Å²) in [4.78, 5) is 19.3. The lowest BCUT2D eigenvalue weighted by molar-refractivity contribution is 0.0995. The third-order valence-corrected chi connectivity index (χ3v) is 3.02. The zero-order valence-electron chi connectivity index (χ0n) is 9.75. The SMILES string of the molecule is NC(=O)c1cc(-n2cnc3ccc(Cl)cc32)ccn1. The van der Waals surface area contributed by atoms with E-state index in [4.69, 9.17) is 17.3 Å². The van der Waals surface area contributed by atoms with Crippen molar-refractivity contribution in [1.82, 2.24) is 14.5 Å². The van der Waals surface area contributed by atoms with Crippen molar-refractivity contribution in [1.29, 1.82) is 0 Å². The highest BCUT2D eigenvalue weighted by Gasteiger charge is 2.08. The predicted octanol–water partition coefficient (Wildman–Crippen LogP) is 2.17. The van der Waals surface area contributed by atoms with Crippen LogP contribution < -0.4 is 5.73 Å². The molecule has 5 nitrogen and oxygen atoms in total. The quantitative estimate of drug-likeness (QED) is 0.777. The van der Waals surface area contributed by atoms with Gasteiger partial charge in [0.25, 0.3) is 5.91 Å². The van der Waals surface area contributed by atoms with Gasteiger partial charge in [0.2, 0.25) is 0 Å². The highest BCUT2D eigenvalue weighted by atomic mass is 35.5. The molecule has 0 atom stereocenters. The Hall–Kier alpha value is -2.40. The van der Waals surface area contributed by atoms with Crippen LogP contribution in [0.25, 0.3) is 16.7 Å². The molecule has 0 saturated carbocycles. The van der Waals surface area contributed by atoms with Gasteiger partial charge in [-0.15, -0.1) is 0 Å². The number of carbonyl (C=O) groups is 1. The molecule has 1 aromatic carbocycles. The Morgan fingerprint density at radius 1 is 1.21 bits per heavy atom. The maximum absolute atomic E-state index is 11.2. The predicted molar refractivity (Wildman–Crippen MR) is 72.4 cm³/mol. The van der Waals surface area contributed by atoms with Crippen molar-refractivity contribution < 1.29 is 4.79 Å². The minimum atomic E-state index is -0.565. The normalized spacial score (nSPS) is 10.8. The number of benzene rings is 1. The fraction of sp³-hybridized carbons (Fsp3) is 0. The lowest BCUT2D eigenvalue weighted by Crippen LogP contribution is -2.13. The molecular weight excluding hydrogens is 264 g/mol. The van der Waals surface area contributed by atoms with Gasteiger partial charge < -0.3 is 5.73 Å². The molecule has 1 amide bonds.